The van der Waals surface area contributed by atoms with E-state index in [4.69, 9.17) is 0 Å². The molecule has 0 saturated heterocycles. The molecule has 2 aromatic rings. The first-order valence-electron chi connectivity index (χ1n) is 6.56. The molecule has 1 atom stereocenters. The first-order valence-corrected chi connectivity index (χ1v) is 6.56. The second-order valence-corrected chi connectivity index (χ2v) is 4.76. The Bertz CT molecular complexity index is 586. The molecule has 0 heterocycles. The van der Waals surface area contributed by atoms with E-state index in [9.17, 15) is 14.6 Å². The summed E-state index contributed by atoms with van der Waals surface area (Å²) in [6.07, 6.45) is 0.566. The third-order valence-corrected chi connectivity index (χ3v) is 3.28. The molecular formula is C16H18FNO2. The van der Waals surface area contributed by atoms with Crippen molar-refractivity contribution in [3.63, 3.8) is 0 Å². The topological polar surface area (TPSA) is 52.5 Å². The van der Waals surface area contributed by atoms with E-state index >= 15 is 0 Å². The zero-order valence-electron chi connectivity index (χ0n) is 11.3. The highest BCUT2D eigenvalue weighted by Crippen LogP contribution is 2.27. The van der Waals surface area contributed by atoms with Gasteiger partial charge < -0.3 is 15.5 Å². The molecule has 0 aromatic heterocycles. The lowest BCUT2D eigenvalue weighted by Crippen LogP contribution is -2.21. The number of phenols is 2. The summed E-state index contributed by atoms with van der Waals surface area (Å²) in [5, 5.41) is 22.4. The van der Waals surface area contributed by atoms with Crippen molar-refractivity contribution in [2.75, 3.05) is 6.54 Å². The molecule has 0 radical (unpaired) electrons. The number of halogens is 1. The molecule has 0 saturated carbocycles. The van der Waals surface area contributed by atoms with Crippen LogP contribution in [0.1, 0.15) is 24.1 Å². The highest BCUT2D eigenvalue weighted by atomic mass is 19.1. The van der Waals surface area contributed by atoms with Crippen LogP contribution < -0.4 is 5.32 Å². The van der Waals surface area contributed by atoms with Crippen LogP contribution in [0.3, 0.4) is 0 Å². The summed E-state index contributed by atoms with van der Waals surface area (Å²) >= 11 is 0. The van der Waals surface area contributed by atoms with E-state index in [1.807, 2.05) is 13.0 Å². The van der Waals surface area contributed by atoms with E-state index in [-0.39, 0.29) is 23.4 Å². The maximum Gasteiger partial charge on any atom is 0.126 e. The second kappa shape index (κ2) is 6.39. The summed E-state index contributed by atoms with van der Waals surface area (Å²) < 4.78 is 13.5. The van der Waals surface area contributed by atoms with Crippen LogP contribution in [0.4, 0.5) is 4.39 Å². The number of phenolic OH excluding ortho intramolecular Hbond substituents is 2. The van der Waals surface area contributed by atoms with Crippen molar-refractivity contribution in [2.24, 2.45) is 0 Å². The summed E-state index contributed by atoms with van der Waals surface area (Å²) in [6, 6.07) is 11.0. The molecule has 0 amide bonds. The Kier molecular flexibility index (Phi) is 4.58. The zero-order valence-corrected chi connectivity index (χ0v) is 11.3. The fraction of sp³-hybridized carbons (Fsp3) is 0.250. The predicted molar refractivity (Wildman–Crippen MR) is 76.3 cm³/mol. The van der Waals surface area contributed by atoms with Crippen molar-refractivity contribution in [2.45, 2.75) is 19.4 Å². The van der Waals surface area contributed by atoms with Crippen molar-refractivity contribution in [3.8, 4) is 11.5 Å². The molecule has 1 unspecified atom stereocenters. The molecule has 106 valence electrons. The monoisotopic (exact) mass is 275 g/mol. The lowest BCUT2D eigenvalue weighted by atomic mass is 10.1. The summed E-state index contributed by atoms with van der Waals surface area (Å²) in [4.78, 5) is 0. The van der Waals surface area contributed by atoms with Gasteiger partial charge in [0, 0.05) is 11.6 Å². The highest BCUT2D eigenvalue weighted by Gasteiger charge is 2.11. The first-order chi connectivity index (χ1) is 9.58. The molecular weight excluding hydrogens is 257 g/mol. The number of aromatic hydroxyl groups is 2. The fourth-order valence-electron chi connectivity index (χ4n) is 2.12. The van der Waals surface area contributed by atoms with Crippen LogP contribution in [0.15, 0.2) is 42.5 Å². The van der Waals surface area contributed by atoms with E-state index in [1.165, 1.54) is 24.3 Å². The molecule has 4 heteroatoms. The van der Waals surface area contributed by atoms with Crippen LogP contribution >= 0.6 is 0 Å². The lowest BCUT2D eigenvalue weighted by molar-refractivity contribution is 0.441. The molecule has 0 aliphatic heterocycles. The Balaban J connectivity index is 1.94. The van der Waals surface area contributed by atoms with Gasteiger partial charge in [0.2, 0.25) is 0 Å². The Hall–Kier alpha value is -2.07. The van der Waals surface area contributed by atoms with Crippen molar-refractivity contribution < 1.29 is 14.6 Å². The molecule has 3 nitrogen and oxygen atoms in total. The maximum atomic E-state index is 13.5. The van der Waals surface area contributed by atoms with Crippen LogP contribution in [0.2, 0.25) is 0 Å². The van der Waals surface area contributed by atoms with Crippen molar-refractivity contribution in [1.82, 2.24) is 5.32 Å². The van der Waals surface area contributed by atoms with Gasteiger partial charge in [0.25, 0.3) is 0 Å². The van der Waals surface area contributed by atoms with Crippen LogP contribution in [-0.2, 0) is 6.42 Å². The summed E-state index contributed by atoms with van der Waals surface area (Å²) in [6.45, 7) is 2.47. The third-order valence-electron chi connectivity index (χ3n) is 3.28. The number of nitrogens with one attached hydrogen (secondary N) is 1. The molecule has 2 aromatic carbocycles. The Labute approximate surface area is 117 Å². The lowest BCUT2D eigenvalue weighted by Gasteiger charge is -2.16. The number of hydrogen-bond donors (Lipinski definition) is 3. The molecule has 0 aliphatic carbocycles. The van der Waals surface area contributed by atoms with E-state index in [0.717, 1.165) is 0 Å². The van der Waals surface area contributed by atoms with E-state index in [1.54, 1.807) is 12.1 Å². The van der Waals surface area contributed by atoms with Crippen molar-refractivity contribution >= 4 is 0 Å². The van der Waals surface area contributed by atoms with E-state index in [2.05, 4.69) is 5.32 Å². The van der Waals surface area contributed by atoms with Crippen molar-refractivity contribution in [3.05, 3.63) is 59.4 Å². The number of hydrogen-bond acceptors (Lipinski definition) is 3. The fourth-order valence-corrected chi connectivity index (χ4v) is 2.12. The Morgan fingerprint density at radius 2 is 1.90 bits per heavy atom. The molecule has 2 rings (SSSR count). The first kappa shape index (κ1) is 14.3. The predicted octanol–water partition coefficient (Wildman–Crippen LogP) is 3.13. The molecule has 3 N–H and O–H groups in total. The van der Waals surface area contributed by atoms with Crippen molar-refractivity contribution in [1.29, 1.82) is 0 Å². The van der Waals surface area contributed by atoms with Gasteiger partial charge in [-0.1, -0.05) is 18.2 Å². The third kappa shape index (κ3) is 3.48. The largest absolute Gasteiger partial charge is 0.508 e. The summed E-state index contributed by atoms with van der Waals surface area (Å²) in [7, 11) is 0. The molecule has 20 heavy (non-hydrogen) atoms. The van der Waals surface area contributed by atoms with Crippen LogP contribution in [0.25, 0.3) is 0 Å². The minimum absolute atomic E-state index is 0.112. The van der Waals surface area contributed by atoms with Gasteiger partial charge >= 0.3 is 0 Å². The van der Waals surface area contributed by atoms with Gasteiger partial charge in [0.15, 0.2) is 0 Å². The van der Waals surface area contributed by atoms with E-state index in [0.29, 0.717) is 24.1 Å². The van der Waals surface area contributed by atoms with Crippen LogP contribution in [0, 0.1) is 5.82 Å². The average Bonchev–Trinajstić information content (AvgIpc) is 2.43. The standard InChI is InChI=1S/C16H18FNO2/c1-11(14-10-13(19)6-7-16(14)20)18-9-8-12-4-2-3-5-15(12)17/h2-7,10-11,18-20H,8-9H2,1H3. The minimum atomic E-state index is -0.206. The van der Waals surface area contributed by atoms with Gasteiger partial charge in [0.05, 0.1) is 0 Å². The number of benzene rings is 2. The molecule has 0 aliphatic rings. The Morgan fingerprint density at radius 3 is 2.65 bits per heavy atom. The number of rotatable bonds is 5. The molecule has 0 fully saturated rings. The van der Waals surface area contributed by atoms with Gasteiger partial charge in [0.1, 0.15) is 17.3 Å². The quantitative estimate of drug-likeness (QED) is 0.735. The summed E-state index contributed by atoms with van der Waals surface area (Å²) in [5.41, 5.74) is 1.28. The van der Waals surface area contributed by atoms with E-state index < -0.39 is 0 Å². The summed E-state index contributed by atoms with van der Waals surface area (Å²) in [5.74, 6) is 0.0383. The van der Waals surface area contributed by atoms with Gasteiger partial charge in [-0.3, -0.25) is 0 Å². The van der Waals surface area contributed by atoms with Crippen LogP contribution in [0.5, 0.6) is 11.5 Å². The van der Waals surface area contributed by atoms with Gasteiger partial charge in [-0.25, -0.2) is 4.39 Å². The minimum Gasteiger partial charge on any atom is -0.508 e. The zero-order chi connectivity index (χ0) is 14.5. The maximum absolute atomic E-state index is 13.5. The average molecular weight is 275 g/mol. The Morgan fingerprint density at radius 1 is 1.15 bits per heavy atom. The van der Waals surface area contributed by atoms with Gasteiger partial charge in [-0.2, -0.15) is 0 Å². The molecule has 0 bridgehead atoms. The highest BCUT2D eigenvalue weighted by molar-refractivity contribution is 5.40. The van der Waals surface area contributed by atoms with Gasteiger partial charge in [-0.05, 0) is 49.7 Å². The second-order valence-electron chi connectivity index (χ2n) is 4.76. The smallest absolute Gasteiger partial charge is 0.126 e. The van der Waals surface area contributed by atoms with Crippen LogP contribution in [-0.4, -0.2) is 16.8 Å². The SMILES string of the molecule is CC(NCCc1ccccc1F)c1cc(O)ccc1O. The van der Waals surface area contributed by atoms with Gasteiger partial charge in [-0.15, -0.1) is 0 Å². The molecule has 0 spiro atoms. The normalized spacial score (nSPS) is 12.3.